The Balaban J connectivity index is 0.00000220. The summed E-state index contributed by atoms with van der Waals surface area (Å²) < 4.78 is 0. The van der Waals surface area contributed by atoms with Crippen molar-refractivity contribution >= 4 is 41.3 Å². The Morgan fingerprint density at radius 2 is 2.14 bits per heavy atom. The monoisotopic (exact) mass is 421 g/mol. The molecule has 1 saturated carbocycles. The Morgan fingerprint density at radius 3 is 2.71 bits per heavy atom. The van der Waals surface area contributed by atoms with Gasteiger partial charge in [-0.1, -0.05) is 32.3 Å². The van der Waals surface area contributed by atoms with Crippen LogP contribution in [0.1, 0.15) is 57.2 Å². The second-order valence-electron chi connectivity index (χ2n) is 5.97. The van der Waals surface area contributed by atoms with Gasteiger partial charge in [-0.25, -0.2) is 0 Å². The highest BCUT2D eigenvalue weighted by atomic mass is 127. The third-order valence-electron chi connectivity index (χ3n) is 4.41. The zero-order valence-electron chi connectivity index (χ0n) is 13.1. The number of aliphatic imine (C=N–C) groups is 1. The molecular formula is C16H28IN3S. The van der Waals surface area contributed by atoms with Crippen molar-refractivity contribution in [1.82, 2.24) is 5.32 Å². The molecule has 21 heavy (non-hydrogen) atoms. The van der Waals surface area contributed by atoms with Gasteiger partial charge in [-0.3, -0.25) is 4.99 Å². The predicted molar refractivity (Wildman–Crippen MR) is 104 cm³/mol. The van der Waals surface area contributed by atoms with E-state index >= 15 is 0 Å². The fourth-order valence-electron chi connectivity index (χ4n) is 2.93. The summed E-state index contributed by atoms with van der Waals surface area (Å²) in [5, 5.41) is 5.44. The van der Waals surface area contributed by atoms with Gasteiger partial charge < -0.3 is 11.1 Å². The van der Waals surface area contributed by atoms with Crippen molar-refractivity contribution in [3.63, 3.8) is 0 Å². The highest BCUT2D eigenvalue weighted by Gasteiger charge is 2.34. The Bertz CT molecular complexity index is 425. The van der Waals surface area contributed by atoms with Crippen LogP contribution in [0.2, 0.25) is 0 Å². The molecule has 1 aromatic rings. The average Bonchev–Trinajstić information content (AvgIpc) is 3.01. The van der Waals surface area contributed by atoms with E-state index < -0.39 is 0 Å². The molecule has 1 aliphatic carbocycles. The van der Waals surface area contributed by atoms with E-state index in [4.69, 9.17) is 5.73 Å². The number of hydrogen-bond donors (Lipinski definition) is 2. The molecule has 3 N–H and O–H groups in total. The first-order valence-electron chi connectivity index (χ1n) is 7.77. The van der Waals surface area contributed by atoms with Crippen LogP contribution < -0.4 is 11.1 Å². The maximum atomic E-state index is 6.02. The molecule has 1 aliphatic rings. The van der Waals surface area contributed by atoms with Crippen LogP contribution in [0.5, 0.6) is 0 Å². The minimum Gasteiger partial charge on any atom is -0.370 e. The number of rotatable bonds is 5. The molecule has 120 valence electrons. The van der Waals surface area contributed by atoms with Crippen LogP contribution in [0.3, 0.4) is 0 Å². The molecular weight excluding hydrogens is 393 g/mol. The number of nitrogens with two attached hydrogens (primary N) is 1. The average molecular weight is 421 g/mol. The molecule has 0 saturated heterocycles. The summed E-state index contributed by atoms with van der Waals surface area (Å²) in [6.45, 7) is 5.11. The molecule has 1 aromatic heterocycles. The highest BCUT2D eigenvalue weighted by Crippen LogP contribution is 2.41. The van der Waals surface area contributed by atoms with Crippen LogP contribution in [0.25, 0.3) is 0 Å². The highest BCUT2D eigenvalue weighted by molar-refractivity contribution is 14.0. The lowest BCUT2D eigenvalue weighted by atomic mass is 9.73. The summed E-state index contributed by atoms with van der Waals surface area (Å²) in [6, 6.07) is 4.81. The summed E-state index contributed by atoms with van der Waals surface area (Å²) >= 11 is 1.87. The number of guanidine groups is 1. The predicted octanol–water partition coefficient (Wildman–Crippen LogP) is 4.27. The first-order valence-corrected chi connectivity index (χ1v) is 8.65. The fourth-order valence-corrected chi connectivity index (χ4v) is 3.91. The van der Waals surface area contributed by atoms with Gasteiger partial charge in [0.1, 0.15) is 0 Å². The van der Waals surface area contributed by atoms with Crippen molar-refractivity contribution in [2.24, 2.45) is 10.7 Å². The lowest BCUT2D eigenvalue weighted by Crippen LogP contribution is -2.40. The van der Waals surface area contributed by atoms with Gasteiger partial charge in [0.05, 0.1) is 6.54 Å². The van der Waals surface area contributed by atoms with Crippen molar-refractivity contribution in [2.75, 3.05) is 6.54 Å². The SMILES string of the molecule is CCC(C)NC(N)=NCC1(c2cccs2)CCCCC1.I. The zero-order valence-corrected chi connectivity index (χ0v) is 16.2. The second kappa shape index (κ2) is 8.98. The summed E-state index contributed by atoms with van der Waals surface area (Å²) in [5.74, 6) is 0.598. The van der Waals surface area contributed by atoms with E-state index in [2.05, 4.69) is 41.7 Å². The van der Waals surface area contributed by atoms with Crippen molar-refractivity contribution < 1.29 is 0 Å². The summed E-state index contributed by atoms with van der Waals surface area (Å²) in [7, 11) is 0. The van der Waals surface area contributed by atoms with E-state index in [-0.39, 0.29) is 29.4 Å². The maximum absolute atomic E-state index is 6.02. The molecule has 1 atom stereocenters. The third-order valence-corrected chi connectivity index (χ3v) is 5.53. The van der Waals surface area contributed by atoms with Crippen molar-refractivity contribution in [3.05, 3.63) is 22.4 Å². The molecule has 0 aliphatic heterocycles. The Morgan fingerprint density at radius 1 is 1.43 bits per heavy atom. The van der Waals surface area contributed by atoms with E-state index in [0.717, 1.165) is 13.0 Å². The van der Waals surface area contributed by atoms with Gasteiger partial charge in [0.15, 0.2) is 5.96 Å². The molecule has 5 heteroatoms. The maximum Gasteiger partial charge on any atom is 0.188 e. The third kappa shape index (κ3) is 5.13. The zero-order chi connectivity index (χ0) is 14.4. The number of nitrogens with zero attached hydrogens (tertiary/aromatic N) is 1. The molecule has 3 nitrogen and oxygen atoms in total. The van der Waals surface area contributed by atoms with Gasteiger partial charge in [-0.2, -0.15) is 0 Å². The van der Waals surface area contributed by atoms with Crippen LogP contribution in [-0.4, -0.2) is 18.5 Å². The molecule has 2 rings (SSSR count). The molecule has 0 spiro atoms. The topological polar surface area (TPSA) is 50.4 Å². The Labute approximate surface area is 149 Å². The van der Waals surface area contributed by atoms with Crippen LogP contribution in [0.15, 0.2) is 22.5 Å². The second-order valence-corrected chi connectivity index (χ2v) is 6.92. The molecule has 0 aromatic carbocycles. The summed E-state index contributed by atoms with van der Waals surface area (Å²) in [5.41, 5.74) is 6.25. The Kier molecular flexibility index (Phi) is 8.02. The number of hydrogen-bond acceptors (Lipinski definition) is 2. The summed E-state index contributed by atoms with van der Waals surface area (Å²) in [4.78, 5) is 6.14. The minimum absolute atomic E-state index is 0. The minimum atomic E-state index is 0. The van der Waals surface area contributed by atoms with Gasteiger partial charge in [0, 0.05) is 16.3 Å². The summed E-state index contributed by atoms with van der Waals surface area (Å²) in [6.07, 6.45) is 7.53. The lowest BCUT2D eigenvalue weighted by Gasteiger charge is -2.35. The van der Waals surface area contributed by atoms with Gasteiger partial charge in [0.25, 0.3) is 0 Å². The van der Waals surface area contributed by atoms with Crippen molar-refractivity contribution in [3.8, 4) is 0 Å². The first kappa shape index (κ1) is 18.7. The molecule has 0 radical (unpaired) electrons. The van der Waals surface area contributed by atoms with E-state index in [0.29, 0.717) is 12.0 Å². The van der Waals surface area contributed by atoms with Crippen LogP contribution in [0, 0.1) is 0 Å². The Hall–Kier alpha value is -0.300. The number of thiophene rings is 1. The van der Waals surface area contributed by atoms with Crippen LogP contribution in [0.4, 0.5) is 0 Å². The molecule has 0 amide bonds. The van der Waals surface area contributed by atoms with E-state index in [9.17, 15) is 0 Å². The smallest absolute Gasteiger partial charge is 0.188 e. The van der Waals surface area contributed by atoms with Crippen molar-refractivity contribution in [1.29, 1.82) is 0 Å². The molecule has 1 fully saturated rings. The lowest BCUT2D eigenvalue weighted by molar-refractivity contribution is 0.306. The largest absolute Gasteiger partial charge is 0.370 e. The van der Waals surface area contributed by atoms with Gasteiger partial charge in [0.2, 0.25) is 0 Å². The quantitative estimate of drug-likeness (QED) is 0.424. The first-order chi connectivity index (χ1) is 9.66. The van der Waals surface area contributed by atoms with Crippen LogP contribution in [-0.2, 0) is 5.41 Å². The van der Waals surface area contributed by atoms with E-state index in [1.54, 1.807) is 0 Å². The van der Waals surface area contributed by atoms with E-state index in [1.165, 1.54) is 37.0 Å². The standard InChI is InChI=1S/C16H27N3S.HI/c1-3-13(2)19-15(17)18-12-16(9-5-4-6-10-16)14-8-7-11-20-14;/h7-8,11,13H,3-6,9-10,12H2,1-2H3,(H3,17,18,19);1H. The number of nitrogens with one attached hydrogen (secondary N) is 1. The normalized spacial score (nSPS) is 19.6. The molecule has 0 bridgehead atoms. The van der Waals surface area contributed by atoms with Gasteiger partial charge in [-0.05, 0) is 37.6 Å². The fraction of sp³-hybridized carbons (Fsp3) is 0.688. The molecule has 1 unspecified atom stereocenters. The van der Waals surface area contributed by atoms with Gasteiger partial charge >= 0.3 is 0 Å². The molecule has 1 heterocycles. The van der Waals surface area contributed by atoms with Gasteiger partial charge in [-0.15, -0.1) is 35.3 Å². The number of halogens is 1. The van der Waals surface area contributed by atoms with Crippen LogP contribution >= 0.6 is 35.3 Å². The van der Waals surface area contributed by atoms with Crippen molar-refractivity contribution in [2.45, 2.75) is 63.8 Å². The van der Waals surface area contributed by atoms with E-state index in [1.807, 2.05) is 11.3 Å².